The highest BCUT2D eigenvalue weighted by Gasteiger charge is 2.52. The lowest BCUT2D eigenvalue weighted by Gasteiger charge is -2.56. The first-order valence-corrected chi connectivity index (χ1v) is 11.0. The summed E-state index contributed by atoms with van der Waals surface area (Å²) in [5.41, 5.74) is 8.62. The minimum atomic E-state index is -0.500. The number of nitrogens with two attached hydrogens (primary N) is 1. The van der Waals surface area contributed by atoms with Crippen LogP contribution < -0.4 is 10.5 Å². The molecule has 5 nitrogen and oxygen atoms in total. The van der Waals surface area contributed by atoms with Crippen molar-refractivity contribution in [1.82, 2.24) is 4.90 Å². The summed E-state index contributed by atoms with van der Waals surface area (Å²) in [4.78, 5) is 14.9. The molecule has 0 spiro atoms. The van der Waals surface area contributed by atoms with E-state index in [1.165, 1.54) is 36.9 Å². The van der Waals surface area contributed by atoms with Crippen LogP contribution in [0.3, 0.4) is 0 Å². The summed E-state index contributed by atoms with van der Waals surface area (Å²) in [6.07, 6.45) is 7.48. The Morgan fingerprint density at radius 2 is 2.14 bits per heavy atom. The molecule has 3 N–H and O–H groups in total. The fourth-order valence-electron chi connectivity index (χ4n) is 6.36. The molecule has 0 aromatic heterocycles. The van der Waals surface area contributed by atoms with Gasteiger partial charge in [0.05, 0.1) is 11.7 Å². The second-order valence-corrected chi connectivity index (χ2v) is 9.72. The fourth-order valence-corrected chi connectivity index (χ4v) is 6.36. The maximum Gasteiger partial charge on any atom is 0.252 e. The van der Waals surface area contributed by atoms with E-state index < -0.39 is 12.0 Å². The van der Waals surface area contributed by atoms with Crippen molar-refractivity contribution in [3.8, 4) is 5.75 Å². The number of ether oxygens (including phenoxy) is 1. The van der Waals surface area contributed by atoms with E-state index in [0.717, 1.165) is 38.1 Å². The molecular weight excluding hydrogens is 352 g/mol. The molecule has 2 heterocycles. The molecule has 28 heavy (non-hydrogen) atoms. The van der Waals surface area contributed by atoms with Gasteiger partial charge >= 0.3 is 0 Å². The summed E-state index contributed by atoms with van der Waals surface area (Å²) in [5.74, 6) is 1.54. The van der Waals surface area contributed by atoms with Gasteiger partial charge in [0.2, 0.25) is 0 Å². The fraction of sp³-hybridized carbons (Fsp3) is 0.696. The Bertz CT molecular complexity index is 790. The first-order chi connectivity index (χ1) is 13.5. The lowest BCUT2D eigenvalue weighted by Crippen LogP contribution is -2.60. The van der Waals surface area contributed by atoms with Gasteiger partial charge in [-0.15, -0.1) is 0 Å². The number of aliphatic hydroxyl groups excluding tert-OH is 1. The molecule has 5 heteroatoms. The predicted octanol–water partition coefficient (Wildman–Crippen LogP) is 2.62. The molecular formula is C23H32N2O3. The Kier molecular flexibility index (Phi) is 4.44. The summed E-state index contributed by atoms with van der Waals surface area (Å²) >= 11 is 0. The van der Waals surface area contributed by atoms with Gasteiger partial charge in [0, 0.05) is 23.6 Å². The Morgan fingerprint density at radius 3 is 2.86 bits per heavy atom. The minimum absolute atomic E-state index is 0.0286. The van der Waals surface area contributed by atoms with Crippen molar-refractivity contribution in [2.24, 2.45) is 17.6 Å². The number of aliphatic hydroxyl groups is 1. The number of likely N-dealkylation sites (tertiary alicyclic amines) is 1. The lowest BCUT2D eigenvalue weighted by atomic mass is 9.56. The van der Waals surface area contributed by atoms with Crippen molar-refractivity contribution in [3.63, 3.8) is 0 Å². The SMILES string of the molecule is C[C@]12CCN(CC3CCC3)[C@@H]3Cc4ccc(C(N)=O)c(c41)OC[C@@H](O)CC[C@@H]32. The van der Waals surface area contributed by atoms with E-state index in [2.05, 4.69) is 17.9 Å². The molecule has 4 atom stereocenters. The molecule has 2 aliphatic carbocycles. The van der Waals surface area contributed by atoms with Crippen LogP contribution >= 0.6 is 0 Å². The monoisotopic (exact) mass is 384 g/mol. The number of nitrogens with zero attached hydrogens (tertiary/aromatic N) is 1. The number of benzene rings is 1. The highest BCUT2D eigenvalue weighted by atomic mass is 16.5. The van der Waals surface area contributed by atoms with Gasteiger partial charge in [-0.3, -0.25) is 9.69 Å². The third kappa shape index (κ3) is 2.78. The van der Waals surface area contributed by atoms with Gasteiger partial charge in [0.15, 0.2) is 0 Å². The van der Waals surface area contributed by atoms with Gasteiger partial charge in [0.25, 0.3) is 5.91 Å². The summed E-state index contributed by atoms with van der Waals surface area (Å²) in [7, 11) is 0. The molecule has 4 aliphatic rings. The zero-order valence-electron chi connectivity index (χ0n) is 16.8. The average molecular weight is 385 g/mol. The van der Waals surface area contributed by atoms with Crippen LogP contribution in [0.4, 0.5) is 0 Å². The van der Waals surface area contributed by atoms with Crippen LogP contribution in [0.1, 0.15) is 66.9 Å². The smallest absolute Gasteiger partial charge is 0.252 e. The van der Waals surface area contributed by atoms with Crippen LogP contribution in [-0.4, -0.2) is 47.8 Å². The number of piperidine rings is 1. The van der Waals surface area contributed by atoms with Crippen LogP contribution in [0.5, 0.6) is 5.75 Å². The molecule has 1 saturated heterocycles. The summed E-state index contributed by atoms with van der Waals surface area (Å²) in [6.45, 7) is 4.92. The topological polar surface area (TPSA) is 75.8 Å². The minimum Gasteiger partial charge on any atom is -0.490 e. The zero-order chi connectivity index (χ0) is 19.5. The number of carbonyl (C=O) groups is 1. The van der Waals surface area contributed by atoms with Gasteiger partial charge in [-0.05, 0) is 68.5 Å². The number of amides is 1. The summed E-state index contributed by atoms with van der Waals surface area (Å²) < 4.78 is 6.09. The summed E-state index contributed by atoms with van der Waals surface area (Å²) in [6, 6.07) is 4.45. The van der Waals surface area contributed by atoms with Crippen LogP contribution in [0.15, 0.2) is 12.1 Å². The molecule has 4 bridgehead atoms. The van der Waals surface area contributed by atoms with Crippen molar-refractivity contribution in [1.29, 1.82) is 0 Å². The Morgan fingerprint density at radius 1 is 1.32 bits per heavy atom. The van der Waals surface area contributed by atoms with Crippen LogP contribution in [0.2, 0.25) is 0 Å². The largest absolute Gasteiger partial charge is 0.490 e. The van der Waals surface area contributed by atoms with E-state index in [1.807, 2.05) is 6.07 Å². The molecule has 0 unspecified atom stereocenters. The van der Waals surface area contributed by atoms with Gasteiger partial charge in [-0.2, -0.15) is 0 Å². The first-order valence-electron chi connectivity index (χ1n) is 11.0. The molecule has 5 rings (SSSR count). The van der Waals surface area contributed by atoms with Crippen LogP contribution in [0, 0.1) is 11.8 Å². The molecule has 0 radical (unpaired) electrons. The van der Waals surface area contributed by atoms with Crippen molar-refractivity contribution in [3.05, 3.63) is 28.8 Å². The normalized spacial score (nSPS) is 35.1. The number of carbonyl (C=O) groups excluding carboxylic acids is 1. The zero-order valence-corrected chi connectivity index (χ0v) is 16.8. The lowest BCUT2D eigenvalue weighted by molar-refractivity contribution is -0.00436. The highest BCUT2D eigenvalue weighted by Crippen LogP contribution is 2.55. The standard InChI is InChI=1S/C23H32N2O3/c1-23-9-10-25(12-14-3-2-4-14)19-11-15-5-7-17(22(24)27)21(20(15)23)28-13-16(26)6-8-18(19)23/h5,7,14,16,18-19,26H,2-4,6,8-13H2,1H3,(H2,24,27)/t16-,18-,19+,23+/m0/s1. The van der Waals surface area contributed by atoms with E-state index in [9.17, 15) is 9.90 Å². The van der Waals surface area contributed by atoms with E-state index in [0.29, 0.717) is 23.3 Å². The molecule has 1 aromatic carbocycles. The summed E-state index contributed by atoms with van der Waals surface area (Å²) in [5, 5.41) is 10.5. The van der Waals surface area contributed by atoms with Crippen LogP contribution in [-0.2, 0) is 11.8 Å². The van der Waals surface area contributed by atoms with Gasteiger partial charge in [0.1, 0.15) is 12.4 Å². The van der Waals surface area contributed by atoms with Gasteiger partial charge in [-0.25, -0.2) is 0 Å². The van der Waals surface area contributed by atoms with Crippen molar-refractivity contribution in [2.75, 3.05) is 19.7 Å². The second kappa shape index (κ2) is 6.74. The Hall–Kier alpha value is -1.59. The van der Waals surface area contributed by atoms with Gasteiger partial charge < -0.3 is 15.6 Å². The molecule has 1 amide bonds. The highest BCUT2D eigenvalue weighted by molar-refractivity contribution is 5.96. The van der Waals surface area contributed by atoms with Crippen molar-refractivity contribution >= 4 is 5.91 Å². The number of hydrogen-bond donors (Lipinski definition) is 2. The Balaban J connectivity index is 1.61. The van der Waals surface area contributed by atoms with E-state index in [1.54, 1.807) is 0 Å². The van der Waals surface area contributed by atoms with Gasteiger partial charge in [-0.1, -0.05) is 19.4 Å². The number of rotatable bonds is 3. The molecule has 2 aliphatic heterocycles. The predicted molar refractivity (Wildman–Crippen MR) is 108 cm³/mol. The quantitative estimate of drug-likeness (QED) is 0.840. The Labute approximate surface area is 167 Å². The molecule has 1 aromatic rings. The van der Waals surface area contributed by atoms with Crippen LogP contribution in [0.25, 0.3) is 0 Å². The molecule has 152 valence electrons. The molecule has 1 saturated carbocycles. The maximum atomic E-state index is 12.1. The third-order valence-electron chi connectivity index (χ3n) is 8.13. The number of hydrogen-bond acceptors (Lipinski definition) is 4. The third-order valence-corrected chi connectivity index (χ3v) is 8.13. The van der Waals surface area contributed by atoms with E-state index in [-0.39, 0.29) is 12.0 Å². The average Bonchev–Trinajstić information content (AvgIpc) is 2.66. The van der Waals surface area contributed by atoms with Crippen molar-refractivity contribution in [2.45, 2.75) is 69.4 Å². The first kappa shape index (κ1) is 18.4. The second-order valence-electron chi connectivity index (χ2n) is 9.72. The number of primary amides is 1. The van der Waals surface area contributed by atoms with E-state index in [4.69, 9.17) is 10.5 Å². The van der Waals surface area contributed by atoms with Crippen molar-refractivity contribution < 1.29 is 14.6 Å². The molecule has 2 fully saturated rings. The van der Waals surface area contributed by atoms with E-state index >= 15 is 0 Å². The maximum absolute atomic E-state index is 12.1.